The van der Waals surface area contributed by atoms with Gasteiger partial charge in [0.1, 0.15) is 5.82 Å². The Kier molecular flexibility index (Phi) is 8.85. The van der Waals surface area contributed by atoms with Crippen molar-refractivity contribution in [1.82, 2.24) is 0 Å². The Hall–Kier alpha value is -3.64. The second-order valence-electron chi connectivity index (χ2n) is 9.92. The molecule has 1 N–H and O–H groups in total. The molecule has 5 nitrogen and oxygen atoms in total. The highest BCUT2D eigenvalue weighted by atomic mass is 35.5. The monoisotopic (exact) mass is 534 g/mol. The molecule has 0 spiro atoms. The second kappa shape index (κ2) is 12.3. The fourth-order valence-electron chi connectivity index (χ4n) is 4.86. The molecule has 1 aliphatic carbocycles. The molecule has 38 heavy (non-hydrogen) atoms. The van der Waals surface area contributed by atoms with Crippen molar-refractivity contribution in [3.63, 3.8) is 0 Å². The molecule has 198 valence electrons. The summed E-state index contributed by atoms with van der Waals surface area (Å²) in [4.78, 5) is 28.3. The molecule has 0 aromatic heterocycles. The number of carbonyl (C=O) groups is 2. The van der Waals surface area contributed by atoms with Crippen molar-refractivity contribution < 1.29 is 19.1 Å². The Morgan fingerprint density at radius 3 is 2.26 bits per heavy atom. The number of carboxylic acids is 1. The lowest BCUT2D eigenvalue weighted by Crippen LogP contribution is -2.37. The topological polar surface area (TPSA) is 60.9 Å². The first-order chi connectivity index (χ1) is 18.2. The van der Waals surface area contributed by atoms with Crippen LogP contribution in [0.3, 0.4) is 0 Å². The van der Waals surface area contributed by atoms with E-state index in [0.29, 0.717) is 16.3 Å². The Balaban J connectivity index is 1.66. The predicted octanol–water partition coefficient (Wildman–Crippen LogP) is 7.42. The van der Waals surface area contributed by atoms with Crippen molar-refractivity contribution in [2.24, 2.45) is 5.92 Å². The predicted molar refractivity (Wildman–Crippen MR) is 152 cm³/mol. The lowest BCUT2D eigenvalue weighted by molar-refractivity contribution is -0.131. The molecule has 1 saturated carbocycles. The van der Waals surface area contributed by atoms with Crippen LogP contribution in [-0.4, -0.2) is 31.1 Å². The fraction of sp³-hybridized carbons (Fsp3) is 0.290. The van der Waals surface area contributed by atoms with E-state index in [1.54, 1.807) is 11.0 Å². The van der Waals surface area contributed by atoms with Crippen LogP contribution >= 0.6 is 11.6 Å². The summed E-state index contributed by atoms with van der Waals surface area (Å²) in [6.07, 6.45) is 6.95. The zero-order valence-electron chi connectivity index (χ0n) is 21.7. The van der Waals surface area contributed by atoms with Crippen LogP contribution < -0.4 is 9.80 Å². The lowest BCUT2D eigenvalue weighted by atomic mass is 9.88. The lowest BCUT2D eigenvalue weighted by Gasteiger charge is -2.30. The molecule has 3 aromatic carbocycles. The van der Waals surface area contributed by atoms with Gasteiger partial charge in [-0.2, -0.15) is 0 Å². The zero-order chi connectivity index (χ0) is 27.2. The number of amides is 1. The van der Waals surface area contributed by atoms with Gasteiger partial charge in [-0.05, 0) is 77.6 Å². The molecular weight excluding hydrogens is 503 g/mol. The van der Waals surface area contributed by atoms with Crippen molar-refractivity contribution in [3.05, 3.63) is 88.7 Å². The van der Waals surface area contributed by atoms with E-state index in [9.17, 15) is 14.0 Å². The van der Waals surface area contributed by atoms with Gasteiger partial charge in [-0.25, -0.2) is 9.18 Å². The number of hydrogen-bond acceptors (Lipinski definition) is 3. The van der Waals surface area contributed by atoms with Gasteiger partial charge in [0, 0.05) is 42.5 Å². The van der Waals surface area contributed by atoms with Crippen LogP contribution in [0.2, 0.25) is 5.02 Å². The first kappa shape index (κ1) is 27.4. The summed E-state index contributed by atoms with van der Waals surface area (Å²) in [7, 11) is 3.98. The molecule has 1 aliphatic rings. The summed E-state index contributed by atoms with van der Waals surface area (Å²) in [5.74, 6) is -1.88. The largest absolute Gasteiger partial charge is 0.478 e. The molecular formula is C31H32ClFN2O3. The molecule has 0 saturated heterocycles. The minimum atomic E-state index is -1.13. The summed E-state index contributed by atoms with van der Waals surface area (Å²) >= 11 is 6.73. The first-order valence-electron chi connectivity index (χ1n) is 12.8. The van der Waals surface area contributed by atoms with Crippen LogP contribution in [0.25, 0.3) is 17.2 Å². The van der Waals surface area contributed by atoms with Crippen molar-refractivity contribution in [2.75, 3.05) is 23.9 Å². The number of anilines is 2. The zero-order valence-corrected chi connectivity index (χ0v) is 22.4. The molecule has 4 rings (SSSR count). The Morgan fingerprint density at radius 2 is 1.63 bits per heavy atom. The molecule has 3 aromatic rings. The maximum Gasteiger partial charge on any atom is 0.328 e. The average molecular weight is 535 g/mol. The van der Waals surface area contributed by atoms with E-state index in [-0.39, 0.29) is 18.4 Å². The van der Waals surface area contributed by atoms with Crippen LogP contribution in [0.1, 0.15) is 43.2 Å². The van der Waals surface area contributed by atoms with E-state index in [1.807, 2.05) is 61.5 Å². The van der Waals surface area contributed by atoms with Gasteiger partial charge in [0.15, 0.2) is 0 Å². The van der Waals surface area contributed by atoms with E-state index >= 15 is 0 Å². The normalized spacial score (nSPS) is 14.0. The smallest absolute Gasteiger partial charge is 0.328 e. The van der Waals surface area contributed by atoms with Crippen molar-refractivity contribution >= 4 is 40.9 Å². The molecule has 0 heterocycles. The minimum Gasteiger partial charge on any atom is -0.478 e. The highest BCUT2D eigenvalue weighted by Crippen LogP contribution is 2.33. The molecule has 7 heteroatoms. The van der Waals surface area contributed by atoms with Crippen LogP contribution in [0.15, 0.2) is 66.7 Å². The molecule has 0 radical (unpaired) electrons. The van der Waals surface area contributed by atoms with Crippen molar-refractivity contribution in [1.29, 1.82) is 0 Å². The molecule has 0 aliphatic heterocycles. The number of aliphatic carboxylic acids is 1. The Labute approximate surface area is 228 Å². The third-order valence-corrected chi connectivity index (χ3v) is 7.31. The van der Waals surface area contributed by atoms with Gasteiger partial charge in [-0.15, -0.1) is 0 Å². The SMILES string of the molecule is CN(C)c1ccc(-c2ccc(CN(C(=O)C3CCCCC3)c3cc(F)cc(C=CC(=O)O)c3)c(Cl)c2)cc1. The first-order valence-corrected chi connectivity index (χ1v) is 13.2. The molecule has 0 unspecified atom stereocenters. The van der Waals surface area contributed by atoms with Gasteiger partial charge in [-0.1, -0.05) is 55.1 Å². The van der Waals surface area contributed by atoms with Gasteiger partial charge < -0.3 is 14.9 Å². The maximum absolute atomic E-state index is 14.6. The Bertz CT molecular complexity index is 1330. The summed E-state index contributed by atoms with van der Waals surface area (Å²) in [5.41, 5.74) is 4.58. The van der Waals surface area contributed by atoms with Gasteiger partial charge in [0.25, 0.3) is 0 Å². The van der Waals surface area contributed by atoms with E-state index in [2.05, 4.69) is 0 Å². The fourth-order valence-corrected chi connectivity index (χ4v) is 5.10. The van der Waals surface area contributed by atoms with Crippen LogP contribution in [0.5, 0.6) is 0 Å². The maximum atomic E-state index is 14.6. The molecule has 1 fully saturated rings. The minimum absolute atomic E-state index is 0.0668. The summed E-state index contributed by atoms with van der Waals surface area (Å²) < 4.78 is 14.6. The van der Waals surface area contributed by atoms with Gasteiger partial charge >= 0.3 is 5.97 Å². The van der Waals surface area contributed by atoms with Crippen molar-refractivity contribution in [3.8, 4) is 11.1 Å². The van der Waals surface area contributed by atoms with E-state index in [1.165, 1.54) is 18.2 Å². The number of halogens is 2. The third kappa shape index (κ3) is 6.81. The summed E-state index contributed by atoms with van der Waals surface area (Å²) in [6.45, 7) is 0.180. The average Bonchev–Trinajstić information content (AvgIpc) is 2.91. The molecule has 0 bridgehead atoms. The number of hydrogen-bond donors (Lipinski definition) is 1. The van der Waals surface area contributed by atoms with Gasteiger partial charge in [0.2, 0.25) is 5.91 Å². The van der Waals surface area contributed by atoms with Crippen LogP contribution in [0.4, 0.5) is 15.8 Å². The van der Waals surface area contributed by atoms with Crippen molar-refractivity contribution in [2.45, 2.75) is 38.6 Å². The highest BCUT2D eigenvalue weighted by molar-refractivity contribution is 6.31. The molecule has 0 atom stereocenters. The summed E-state index contributed by atoms with van der Waals surface area (Å²) in [6, 6.07) is 18.1. The van der Waals surface area contributed by atoms with Crippen LogP contribution in [-0.2, 0) is 16.1 Å². The van der Waals surface area contributed by atoms with Gasteiger partial charge in [0.05, 0.1) is 6.54 Å². The number of carboxylic acid groups (broad SMARTS) is 1. The highest BCUT2D eigenvalue weighted by Gasteiger charge is 2.28. The standard InChI is InChI=1S/C31H32ClFN2O3/c1-34(2)27-13-11-22(12-14-27)24-9-10-25(29(32)18-24)20-35(31(38)23-6-4-3-5-7-23)28-17-21(8-15-30(36)37)16-26(33)19-28/h8-19,23H,3-7,20H2,1-2H3,(H,36,37). The number of rotatable bonds is 8. The van der Waals surface area contributed by atoms with E-state index < -0.39 is 11.8 Å². The Morgan fingerprint density at radius 1 is 0.947 bits per heavy atom. The number of carbonyl (C=O) groups excluding carboxylic acids is 1. The molecule has 1 amide bonds. The van der Waals surface area contributed by atoms with Gasteiger partial charge in [-0.3, -0.25) is 4.79 Å². The third-order valence-electron chi connectivity index (χ3n) is 6.95. The van der Waals surface area contributed by atoms with E-state index in [4.69, 9.17) is 16.7 Å². The number of benzene rings is 3. The second-order valence-corrected chi connectivity index (χ2v) is 10.3. The number of nitrogens with zero attached hydrogens (tertiary/aromatic N) is 2. The quantitative estimate of drug-likeness (QED) is 0.305. The van der Waals surface area contributed by atoms with E-state index in [0.717, 1.165) is 60.6 Å². The summed E-state index contributed by atoms with van der Waals surface area (Å²) in [5, 5.41) is 9.50. The van der Waals surface area contributed by atoms with Crippen LogP contribution in [0, 0.1) is 11.7 Å².